The van der Waals surface area contributed by atoms with Crippen LogP contribution in [-0.4, -0.2) is 38.2 Å². The lowest BCUT2D eigenvalue weighted by molar-refractivity contribution is -0.393. The monoisotopic (exact) mass is 285 g/mol. The van der Waals surface area contributed by atoms with Gasteiger partial charge in [0.1, 0.15) is 5.69 Å². The molecule has 0 aliphatic heterocycles. The lowest BCUT2D eigenvalue weighted by Crippen LogP contribution is -2.46. The lowest BCUT2D eigenvalue weighted by atomic mass is 10.0. The van der Waals surface area contributed by atoms with Gasteiger partial charge in [0.15, 0.2) is 5.54 Å². The van der Waals surface area contributed by atoms with E-state index in [0.717, 1.165) is 19.1 Å². The maximum Gasteiger partial charge on any atom is 0.331 e. The third-order valence-electron chi connectivity index (χ3n) is 2.59. The van der Waals surface area contributed by atoms with Gasteiger partial charge < -0.3 is 15.5 Å². The molecule has 0 fully saturated rings. The number of carboxylic acid groups (broad SMARTS) is 1. The van der Waals surface area contributed by atoms with Gasteiger partial charge in [-0.25, -0.2) is 4.79 Å². The van der Waals surface area contributed by atoms with Gasteiger partial charge in [-0.1, -0.05) is 0 Å². The highest BCUT2D eigenvalue weighted by atomic mass is 16.6. The highest BCUT2D eigenvalue weighted by molar-refractivity contribution is 5.84. The smallest absolute Gasteiger partial charge is 0.331 e. The van der Waals surface area contributed by atoms with Crippen molar-refractivity contribution in [2.75, 3.05) is 11.9 Å². The van der Waals surface area contributed by atoms with Gasteiger partial charge in [0.2, 0.25) is 0 Å². The summed E-state index contributed by atoms with van der Waals surface area (Å²) in [5.41, 5.74) is -3.23. The van der Waals surface area contributed by atoms with Crippen LogP contribution < -0.4 is 5.32 Å². The van der Waals surface area contributed by atoms with Crippen molar-refractivity contribution in [3.8, 4) is 0 Å². The predicted octanol–water partition coefficient (Wildman–Crippen LogP) is 0.750. The van der Waals surface area contributed by atoms with Gasteiger partial charge in [-0.15, -0.1) is 0 Å². The SMILES string of the molecule is C[C@@](CO)(Nc1ccc([N+](=O)[O-])cc1[N+](=O)[O-])C(=O)O. The van der Waals surface area contributed by atoms with Crippen LogP contribution in [0.5, 0.6) is 0 Å². The molecule has 10 nitrogen and oxygen atoms in total. The first-order valence-corrected chi connectivity index (χ1v) is 5.26. The maximum atomic E-state index is 11.0. The largest absolute Gasteiger partial charge is 0.479 e. The van der Waals surface area contributed by atoms with E-state index in [-0.39, 0.29) is 5.69 Å². The Bertz CT molecular complexity index is 574. The van der Waals surface area contributed by atoms with Crippen molar-refractivity contribution in [2.24, 2.45) is 0 Å². The molecule has 0 aliphatic carbocycles. The van der Waals surface area contributed by atoms with Gasteiger partial charge in [-0.3, -0.25) is 20.2 Å². The number of nitro groups is 2. The summed E-state index contributed by atoms with van der Waals surface area (Å²) in [7, 11) is 0. The molecule has 3 N–H and O–H groups in total. The number of aliphatic hydroxyl groups is 1. The zero-order chi connectivity index (χ0) is 15.5. The van der Waals surface area contributed by atoms with E-state index >= 15 is 0 Å². The second kappa shape index (κ2) is 5.48. The molecule has 1 aromatic carbocycles. The number of carbonyl (C=O) groups is 1. The average Bonchev–Trinajstić information content (AvgIpc) is 2.38. The van der Waals surface area contributed by atoms with Crippen LogP contribution >= 0.6 is 0 Å². The van der Waals surface area contributed by atoms with E-state index in [0.29, 0.717) is 6.07 Å². The standard InChI is InChI=1S/C10H11N3O7/c1-10(5-14,9(15)16)11-7-3-2-6(12(17)18)4-8(7)13(19)20/h2-4,11,14H,5H2,1H3,(H,15,16)/t10-/m0/s1. The number of anilines is 1. The van der Waals surface area contributed by atoms with Crippen LogP contribution in [0.2, 0.25) is 0 Å². The van der Waals surface area contributed by atoms with Crippen molar-refractivity contribution in [3.05, 3.63) is 38.4 Å². The molecule has 0 heterocycles. The molecule has 10 heteroatoms. The number of hydrogen-bond donors (Lipinski definition) is 3. The zero-order valence-corrected chi connectivity index (χ0v) is 10.3. The Hall–Kier alpha value is -2.75. The van der Waals surface area contributed by atoms with Crippen molar-refractivity contribution >= 4 is 23.0 Å². The summed E-state index contributed by atoms with van der Waals surface area (Å²) in [6.45, 7) is 0.303. The topological polar surface area (TPSA) is 156 Å². The molecule has 1 rings (SSSR count). The second-order valence-electron chi connectivity index (χ2n) is 4.14. The van der Waals surface area contributed by atoms with Crippen LogP contribution in [0.25, 0.3) is 0 Å². The Morgan fingerprint density at radius 3 is 2.35 bits per heavy atom. The third-order valence-corrected chi connectivity index (χ3v) is 2.59. The summed E-state index contributed by atoms with van der Waals surface area (Å²) in [5.74, 6) is -1.42. The molecule has 0 saturated carbocycles. The minimum absolute atomic E-state index is 0.237. The molecular formula is C10H11N3O7. The lowest BCUT2D eigenvalue weighted by Gasteiger charge is -2.24. The van der Waals surface area contributed by atoms with Crippen molar-refractivity contribution in [3.63, 3.8) is 0 Å². The number of nitrogens with zero attached hydrogens (tertiary/aromatic N) is 2. The molecule has 1 atom stereocenters. The summed E-state index contributed by atoms with van der Waals surface area (Å²) in [5, 5.41) is 41.8. The first-order valence-electron chi connectivity index (χ1n) is 5.26. The van der Waals surface area contributed by atoms with E-state index in [1.54, 1.807) is 0 Å². The molecule has 1 aromatic rings. The van der Waals surface area contributed by atoms with Crippen LogP contribution in [-0.2, 0) is 4.79 Å². The number of non-ortho nitro benzene ring substituents is 1. The number of rotatable bonds is 6. The van der Waals surface area contributed by atoms with Gasteiger partial charge in [0, 0.05) is 6.07 Å². The summed E-state index contributed by atoms with van der Waals surface area (Å²) in [6.07, 6.45) is 0. The second-order valence-corrected chi connectivity index (χ2v) is 4.14. The normalized spacial score (nSPS) is 13.3. The summed E-state index contributed by atoms with van der Waals surface area (Å²) in [4.78, 5) is 30.8. The Balaban J connectivity index is 3.28. The number of aliphatic hydroxyl groups excluding tert-OH is 1. The molecule has 108 valence electrons. The van der Waals surface area contributed by atoms with Gasteiger partial charge >= 0.3 is 5.97 Å². The summed E-state index contributed by atoms with van der Waals surface area (Å²) in [6, 6.07) is 2.73. The van der Waals surface area contributed by atoms with Gasteiger partial charge in [0.25, 0.3) is 11.4 Å². The van der Waals surface area contributed by atoms with E-state index in [1.807, 2.05) is 0 Å². The third kappa shape index (κ3) is 2.98. The van der Waals surface area contributed by atoms with Crippen LogP contribution in [0.1, 0.15) is 6.92 Å². The van der Waals surface area contributed by atoms with E-state index in [4.69, 9.17) is 10.2 Å². The van der Waals surface area contributed by atoms with Gasteiger partial charge in [-0.05, 0) is 13.0 Å². The van der Waals surface area contributed by atoms with E-state index in [1.165, 1.54) is 0 Å². The van der Waals surface area contributed by atoms with Crippen LogP contribution in [0.15, 0.2) is 18.2 Å². The fraction of sp³-hybridized carbons (Fsp3) is 0.300. The highest BCUT2D eigenvalue weighted by Gasteiger charge is 2.34. The van der Waals surface area contributed by atoms with E-state index in [2.05, 4.69) is 5.32 Å². The number of benzene rings is 1. The Kier molecular flexibility index (Phi) is 4.20. The highest BCUT2D eigenvalue weighted by Crippen LogP contribution is 2.31. The Labute approximate surface area is 111 Å². The first-order chi connectivity index (χ1) is 9.21. The summed E-state index contributed by atoms with van der Waals surface area (Å²) >= 11 is 0. The van der Waals surface area contributed by atoms with Crippen LogP contribution in [0.4, 0.5) is 17.1 Å². The zero-order valence-electron chi connectivity index (χ0n) is 10.3. The predicted molar refractivity (Wildman–Crippen MR) is 66.5 cm³/mol. The molecule has 0 bridgehead atoms. The van der Waals surface area contributed by atoms with Crippen molar-refractivity contribution in [1.29, 1.82) is 0 Å². The fourth-order valence-corrected chi connectivity index (χ4v) is 1.35. The number of carboxylic acids is 1. The molecule has 0 spiro atoms. The van der Waals surface area contributed by atoms with Crippen molar-refractivity contribution in [2.45, 2.75) is 12.5 Å². The molecule has 0 radical (unpaired) electrons. The molecule has 0 saturated heterocycles. The van der Waals surface area contributed by atoms with Gasteiger partial charge in [0.05, 0.1) is 22.5 Å². The molecule has 0 aromatic heterocycles. The minimum Gasteiger partial charge on any atom is -0.479 e. The Morgan fingerprint density at radius 1 is 1.35 bits per heavy atom. The molecule has 20 heavy (non-hydrogen) atoms. The molecule has 0 unspecified atom stereocenters. The number of nitrogens with one attached hydrogen (secondary N) is 1. The van der Waals surface area contributed by atoms with Crippen LogP contribution in [0.3, 0.4) is 0 Å². The number of nitro benzene ring substituents is 2. The van der Waals surface area contributed by atoms with E-state index in [9.17, 15) is 25.0 Å². The first kappa shape index (κ1) is 15.3. The minimum atomic E-state index is -1.85. The molecule has 0 amide bonds. The fourth-order valence-electron chi connectivity index (χ4n) is 1.35. The summed E-state index contributed by atoms with van der Waals surface area (Å²) < 4.78 is 0. The number of aliphatic carboxylic acids is 1. The quantitative estimate of drug-likeness (QED) is 0.510. The molecular weight excluding hydrogens is 274 g/mol. The number of hydrogen-bond acceptors (Lipinski definition) is 7. The van der Waals surface area contributed by atoms with E-state index < -0.39 is 39.3 Å². The molecule has 0 aliphatic rings. The Morgan fingerprint density at radius 2 is 1.95 bits per heavy atom. The average molecular weight is 285 g/mol. The maximum absolute atomic E-state index is 11.0. The van der Waals surface area contributed by atoms with Crippen molar-refractivity contribution < 1.29 is 24.9 Å². The van der Waals surface area contributed by atoms with Crippen LogP contribution in [0, 0.1) is 20.2 Å². The van der Waals surface area contributed by atoms with Gasteiger partial charge in [-0.2, -0.15) is 0 Å². The van der Waals surface area contributed by atoms with Crippen molar-refractivity contribution in [1.82, 2.24) is 0 Å².